The van der Waals surface area contributed by atoms with Crippen LogP contribution < -0.4 is 14.8 Å². The van der Waals surface area contributed by atoms with E-state index in [0.717, 1.165) is 25.2 Å². The van der Waals surface area contributed by atoms with E-state index in [2.05, 4.69) is 5.32 Å². The zero-order chi connectivity index (χ0) is 18.4. The van der Waals surface area contributed by atoms with Crippen LogP contribution in [0.3, 0.4) is 0 Å². The minimum Gasteiger partial charge on any atom is -0.497 e. The molecule has 2 amide bonds. The van der Waals surface area contributed by atoms with Crippen molar-refractivity contribution in [1.29, 1.82) is 0 Å². The largest absolute Gasteiger partial charge is 0.497 e. The Labute approximate surface area is 152 Å². The van der Waals surface area contributed by atoms with Gasteiger partial charge in [-0.1, -0.05) is 0 Å². The topological polar surface area (TPSA) is 73.2 Å². The third kappa shape index (κ3) is 4.49. The summed E-state index contributed by atoms with van der Waals surface area (Å²) >= 11 is 0. The van der Waals surface area contributed by atoms with Crippen LogP contribution >= 0.6 is 0 Å². The summed E-state index contributed by atoms with van der Waals surface area (Å²) in [5, 5.41) is 2.91. The predicted molar refractivity (Wildman–Crippen MR) is 96.7 cm³/mol. The van der Waals surface area contributed by atoms with Gasteiger partial charge in [-0.05, 0) is 37.1 Å². The number of amides is 2. The highest BCUT2D eigenvalue weighted by atomic mass is 16.5. The van der Waals surface area contributed by atoms with E-state index < -0.39 is 0 Å². The number of furan rings is 1. The van der Waals surface area contributed by atoms with Crippen LogP contribution in [0.4, 0.5) is 10.5 Å². The number of nitrogens with one attached hydrogen (secondary N) is 1. The highest BCUT2D eigenvalue weighted by Crippen LogP contribution is 2.29. The number of carbonyl (C=O) groups is 1. The van der Waals surface area contributed by atoms with Crippen LogP contribution in [0.1, 0.15) is 18.6 Å². The summed E-state index contributed by atoms with van der Waals surface area (Å²) in [4.78, 5) is 14.6. The van der Waals surface area contributed by atoms with Gasteiger partial charge in [-0.2, -0.15) is 0 Å². The van der Waals surface area contributed by atoms with Gasteiger partial charge in [-0.25, -0.2) is 4.79 Å². The van der Waals surface area contributed by atoms with Crippen LogP contribution in [0.15, 0.2) is 41.0 Å². The highest BCUT2D eigenvalue weighted by Gasteiger charge is 2.24. The van der Waals surface area contributed by atoms with Crippen LogP contribution in [-0.4, -0.2) is 44.4 Å². The van der Waals surface area contributed by atoms with Crippen molar-refractivity contribution in [2.75, 3.05) is 32.7 Å². The lowest BCUT2D eigenvalue weighted by Gasteiger charge is -2.25. The van der Waals surface area contributed by atoms with E-state index in [0.29, 0.717) is 30.3 Å². The molecule has 0 radical (unpaired) electrons. The normalized spacial score (nSPS) is 16.3. The molecule has 2 aromatic rings. The van der Waals surface area contributed by atoms with Crippen molar-refractivity contribution in [2.24, 2.45) is 0 Å². The molecule has 1 aromatic carbocycles. The standard InChI is InChI=1S/C19H24N2O5/c1-23-14-7-8-17(18(11-14)24-2)20-19(22)21(12-15-5-3-9-25-15)13-16-6-4-10-26-16/h3,5,7-9,11,16H,4,6,10,12-13H2,1-2H3,(H,20,22)/t16-/m0/s1. The minimum atomic E-state index is -0.236. The van der Waals surface area contributed by atoms with Crippen molar-refractivity contribution in [3.8, 4) is 11.5 Å². The lowest BCUT2D eigenvalue weighted by molar-refractivity contribution is 0.0803. The lowest BCUT2D eigenvalue weighted by atomic mass is 10.2. The molecule has 1 atom stereocenters. The average molecular weight is 360 g/mol. The molecule has 0 aliphatic carbocycles. The fourth-order valence-electron chi connectivity index (χ4n) is 2.94. The smallest absolute Gasteiger partial charge is 0.322 e. The molecule has 7 nitrogen and oxygen atoms in total. The fourth-order valence-corrected chi connectivity index (χ4v) is 2.94. The Morgan fingerprint density at radius 3 is 2.85 bits per heavy atom. The number of hydrogen-bond acceptors (Lipinski definition) is 5. The van der Waals surface area contributed by atoms with E-state index in [-0.39, 0.29) is 12.1 Å². The zero-order valence-electron chi connectivity index (χ0n) is 15.1. The number of hydrogen-bond donors (Lipinski definition) is 1. The number of nitrogens with zero attached hydrogens (tertiary/aromatic N) is 1. The molecule has 0 bridgehead atoms. The first kappa shape index (κ1) is 18.1. The van der Waals surface area contributed by atoms with Gasteiger partial charge in [0.1, 0.15) is 17.3 Å². The van der Waals surface area contributed by atoms with E-state index in [1.54, 1.807) is 43.6 Å². The number of benzene rings is 1. The van der Waals surface area contributed by atoms with Crippen molar-refractivity contribution in [1.82, 2.24) is 4.90 Å². The first-order valence-electron chi connectivity index (χ1n) is 8.61. The van der Waals surface area contributed by atoms with Gasteiger partial charge in [0.2, 0.25) is 0 Å². The molecule has 0 saturated carbocycles. The second kappa shape index (κ2) is 8.62. The second-order valence-electron chi connectivity index (χ2n) is 6.09. The fraction of sp³-hybridized carbons (Fsp3) is 0.421. The van der Waals surface area contributed by atoms with Crippen molar-refractivity contribution >= 4 is 11.7 Å². The molecular weight excluding hydrogens is 336 g/mol. The van der Waals surface area contributed by atoms with Gasteiger partial charge in [-0.3, -0.25) is 0 Å². The summed E-state index contributed by atoms with van der Waals surface area (Å²) in [5.74, 6) is 1.92. The second-order valence-corrected chi connectivity index (χ2v) is 6.09. The van der Waals surface area contributed by atoms with Gasteiger partial charge < -0.3 is 28.8 Å². The zero-order valence-corrected chi connectivity index (χ0v) is 15.1. The van der Waals surface area contributed by atoms with E-state index in [4.69, 9.17) is 18.6 Å². The van der Waals surface area contributed by atoms with Gasteiger partial charge in [0.25, 0.3) is 0 Å². The summed E-state index contributed by atoms with van der Waals surface area (Å²) in [7, 11) is 3.14. The number of methoxy groups -OCH3 is 2. The molecule has 1 N–H and O–H groups in total. The molecule has 1 saturated heterocycles. The molecule has 2 heterocycles. The van der Waals surface area contributed by atoms with E-state index in [1.807, 2.05) is 12.1 Å². The van der Waals surface area contributed by atoms with Crippen LogP contribution in [0.2, 0.25) is 0 Å². The number of anilines is 1. The monoisotopic (exact) mass is 360 g/mol. The van der Waals surface area contributed by atoms with E-state index in [1.165, 1.54) is 0 Å². The molecule has 7 heteroatoms. The lowest BCUT2D eigenvalue weighted by Crippen LogP contribution is -2.39. The maximum Gasteiger partial charge on any atom is 0.322 e. The molecule has 0 unspecified atom stereocenters. The maximum atomic E-state index is 12.9. The van der Waals surface area contributed by atoms with Crippen molar-refractivity contribution in [3.05, 3.63) is 42.4 Å². The number of urea groups is 1. The van der Waals surface area contributed by atoms with Crippen LogP contribution in [-0.2, 0) is 11.3 Å². The van der Waals surface area contributed by atoms with Gasteiger partial charge >= 0.3 is 6.03 Å². The summed E-state index contributed by atoms with van der Waals surface area (Å²) in [6.45, 7) is 1.62. The van der Waals surface area contributed by atoms with Gasteiger partial charge in [0, 0.05) is 19.2 Å². The van der Waals surface area contributed by atoms with E-state index >= 15 is 0 Å². The third-order valence-electron chi connectivity index (χ3n) is 4.31. The first-order valence-corrected chi connectivity index (χ1v) is 8.61. The SMILES string of the molecule is COc1ccc(NC(=O)N(Cc2ccco2)C[C@@H]2CCCO2)c(OC)c1. The average Bonchev–Trinajstić information content (AvgIpc) is 3.35. The Balaban J connectivity index is 1.73. The number of carbonyl (C=O) groups excluding carboxylic acids is 1. The van der Waals surface area contributed by atoms with Crippen molar-refractivity contribution in [2.45, 2.75) is 25.5 Å². The molecule has 0 spiro atoms. The molecule has 1 aromatic heterocycles. The van der Waals surface area contributed by atoms with E-state index in [9.17, 15) is 4.79 Å². The summed E-state index contributed by atoms with van der Waals surface area (Å²) in [6, 6.07) is 8.68. The Morgan fingerprint density at radius 1 is 1.31 bits per heavy atom. The molecular formula is C19H24N2O5. The van der Waals surface area contributed by atoms with Gasteiger partial charge in [0.15, 0.2) is 0 Å². The predicted octanol–water partition coefficient (Wildman–Crippen LogP) is 3.51. The molecule has 1 aliphatic rings. The molecule has 1 fully saturated rings. The third-order valence-corrected chi connectivity index (χ3v) is 4.31. The number of rotatable bonds is 7. The van der Waals surface area contributed by atoms with Crippen LogP contribution in [0.5, 0.6) is 11.5 Å². The van der Waals surface area contributed by atoms with Gasteiger partial charge in [0.05, 0.1) is 38.8 Å². The molecule has 140 valence electrons. The minimum absolute atomic E-state index is 0.0495. The van der Waals surface area contributed by atoms with Crippen LogP contribution in [0.25, 0.3) is 0 Å². The Bertz CT molecular complexity index is 711. The quantitative estimate of drug-likeness (QED) is 0.818. The molecule has 3 rings (SSSR count). The first-order chi connectivity index (χ1) is 12.7. The van der Waals surface area contributed by atoms with Crippen LogP contribution in [0, 0.1) is 0 Å². The molecule has 26 heavy (non-hydrogen) atoms. The summed E-state index contributed by atoms with van der Waals surface area (Å²) < 4.78 is 21.6. The molecule has 1 aliphatic heterocycles. The maximum absolute atomic E-state index is 12.9. The Hall–Kier alpha value is -2.67. The Kier molecular flexibility index (Phi) is 6.01. The van der Waals surface area contributed by atoms with Crippen molar-refractivity contribution < 1.29 is 23.4 Å². The summed E-state index contributed by atoms with van der Waals surface area (Å²) in [5.41, 5.74) is 0.579. The Morgan fingerprint density at radius 2 is 2.19 bits per heavy atom. The highest BCUT2D eigenvalue weighted by molar-refractivity contribution is 5.91. The number of ether oxygens (including phenoxy) is 3. The van der Waals surface area contributed by atoms with Gasteiger partial charge in [-0.15, -0.1) is 0 Å². The summed E-state index contributed by atoms with van der Waals surface area (Å²) in [6.07, 6.45) is 3.62. The van der Waals surface area contributed by atoms with Crippen molar-refractivity contribution in [3.63, 3.8) is 0 Å².